The molecule has 0 bridgehead atoms. The Morgan fingerprint density at radius 1 is 0.688 bits per heavy atom. The summed E-state index contributed by atoms with van der Waals surface area (Å²) in [6.07, 6.45) is 5.82. The van der Waals surface area contributed by atoms with Crippen molar-refractivity contribution >= 4 is 65.7 Å². The maximum absolute atomic E-state index is 6.52. The van der Waals surface area contributed by atoms with E-state index in [0.717, 1.165) is 55.3 Å². The van der Waals surface area contributed by atoms with Gasteiger partial charge in [-0.2, -0.15) is 6.07 Å². The number of hydrogen-bond donors (Lipinski definition) is 0. The topological polar surface area (TPSA) is 56.7 Å². The summed E-state index contributed by atoms with van der Waals surface area (Å²) in [5, 5.41) is 6.54. The van der Waals surface area contributed by atoms with Crippen molar-refractivity contribution in [2.24, 2.45) is 0 Å². The molecule has 0 aliphatic carbocycles. The Bertz CT molecular complexity index is 2860. The predicted octanol–water partition coefficient (Wildman–Crippen LogP) is 9.94. The van der Waals surface area contributed by atoms with Gasteiger partial charge in [-0.3, -0.25) is 9.97 Å². The van der Waals surface area contributed by atoms with Gasteiger partial charge in [-0.15, -0.1) is 23.6 Å². The second-order valence-corrected chi connectivity index (χ2v) is 13.2. The van der Waals surface area contributed by atoms with Crippen LogP contribution in [0, 0.1) is 12.1 Å². The van der Waals surface area contributed by atoms with E-state index >= 15 is 0 Å². The fraction of sp³-hybridized carbons (Fsp3) is 0.0976. The fourth-order valence-corrected chi connectivity index (χ4v) is 7.27. The Kier molecular flexibility index (Phi) is 6.20. The van der Waals surface area contributed by atoms with Gasteiger partial charge in [0.25, 0.3) is 0 Å². The minimum atomic E-state index is -0.0259. The Morgan fingerprint density at radius 3 is 2.31 bits per heavy atom. The first-order valence-corrected chi connectivity index (χ1v) is 15.8. The third kappa shape index (κ3) is 4.05. The van der Waals surface area contributed by atoms with Crippen molar-refractivity contribution in [1.29, 1.82) is 0 Å². The number of fused-ring (bicyclic) bond motifs is 12. The van der Waals surface area contributed by atoms with Crippen molar-refractivity contribution in [3.05, 3.63) is 127 Å². The molecule has 10 rings (SSSR count). The molecular weight excluding hydrogens is 685 g/mol. The summed E-state index contributed by atoms with van der Waals surface area (Å²) in [6.45, 7) is 6.77. The Morgan fingerprint density at radius 2 is 1.48 bits per heavy atom. The smallest absolute Gasteiger partial charge is 0.503 e. The van der Waals surface area contributed by atoms with Crippen LogP contribution in [0.1, 0.15) is 26.3 Å². The fourth-order valence-electron chi connectivity index (χ4n) is 7.27. The number of hydrogen-bond acceptors (Lipinski definition) is 4. The van der Waals surface area contributed by atoms with Gasteiger partial charge in [-0.1, -0.05) is 97.7 Å². The average molecular weight is 712 g/mol. The van der Waals surface area contributed by atoms with Gasteiger partial charge in [-0.05, 0) is 34.6 Å². The molecule has 0 aliphatic heterocycles. The summed E-state index contributed by atoms with van der Waals surface area (Å²) < 4.78 is 10.9. The van der Waals surface area contributed by atoms with Gasteiger partial charge in [0.1, 0.15) is 5.65 Å². The summed E-state index contributed by atoms with van der Waals surface area (Å²) in [5.74, 6) is 1.19. The second-order valence-electron chi connectivity index (χ2n) is 13.2. The van der Waals surface area contributed by atoms with Gasteiger partial charge in [0, 0.05) is 51.9 Å². The van der Waals surface area contributed by atoms with Gasteiger partial charge in [0.05, 0.1) is 22.4 Å². The molecule has 6 aromatic heterocycles. The monoisotopic (exact) mass is 711 g/mol. The van der Waals surface area contributed by atoms with E-state index < -0.39 is 0 Å². The number of imidazole rings is 1. The first-order valence-electron chi connectivity index (χ1n) is 15.8. The molecule has 0 spiro atoms. The second kappa shape index (κ2) is 10.3. The number of pyridine rings is 3. The van der Waals surface area contributed by atoms with Crippen LogP contribution >= 0.6 is 0 Å². The summed E-state index contributed by atoms with van der Waals surface area (Å²) >= 11 is 0. The third-order valence-corrected chi connectivity index (χ3v) is 9.33. The molecule has 0 N–H and O–H groups in total. The first kappa shape index (κ1) is 28.8. The van der Waals surface area contributed by atoms with Gasteiger partial charge in [0.15, 0.2) is 0 Å². The van der Waals surface area contributed by atoms with Crippen molar-refractivity contribution in [3.63, 3.8) is 0 Å². The van der Waals surface area contributed by atoms with Crippen molar-refractivity contribution in [2.45, 2.75) is 26.2 Å². The molecule has 0 amide bonds. The molecule has 6 heterocycles. The van der Waals surface area contributed by atoms with Gasteiger partial charge >= 0.3 is 20.4 Å². The van der Waals surface area contributed by atoms with E-state index in [1.807, 2.05) is 48.8 Å². The molecule has 4 aromatic carbocycles. The van der Waals surface area contributed by atoms with E-state index in [9.17, 15) is 0 Å². The van der Waals surface area contributed by atoms with Gasteiger partial charge in [-0.25, -0.2) is 4.98 Å². The van der Waals surface area contributed by atoms with Crippen LogP contribution in [0.15, 0.2) is 110 Å². The quantitative estimate of drug-likeness (QED) is 0.104. The van der Waals surface area contributed by atoms with E-state index in [0.29, 0.717) is 11.5 Å². The summed E-state index contributed by atoms with van der Waals surface area (Å²) in [7, 11) is 0. The molecular formula is C41H27N5OPd. The Hall–Kier alpha value is -5.35. The van der Waals surface area contributed by atoms with E-state index in [1.54, 1.807) is 0 Å². The number of aromatic nitrogens is 5. The van der Waals surface area contributed by atoms with Crippen molar-refractivity contribution in [1.82, 2.24) is 23.8 Å². The maximum Gasteiger partial charge on any atom is 2.00 e. The van der Waals surface area contributed by atoms with E-state index in [1.165, 1.54) is 27.2 Å². The summed E-state index contributed by atoms with van der Waals surface area (Å²) in [4.78, 5) is 14.7. The average Bonchev–Trinajstić information content (AvgIpc) is 3.78. The summed E-state index contributed by atoms with van der Waals surface area (Å²) in [6, 6.07) is 38.2. The third-order valence-electron chi connectivity index (χ3n) is 9.33. The molecule has 0 aliphatic rings. The number of nitrogens with zero attached hydrogens (tertiary/aromatic N) is 5. The van der Waals surface area contributed by atoms with Gasteiger partial charge in [0.2, 0.25) is 0 Å². The van der Waals surface area contributed by atoms with Crippen LogP contribution in [0.3, 0.4) is 0 Å². The molecule has 10 aromatic rings. The zero-order chi connectivity index (χ0) is 31.4. The zero-order valence-electron chi connectivity index (χ0n) is 26.4. The Balaban J connectivity index is 0.00000314. The van der Waals surface area contributed by atoms with E-state index in [-0.39, 0.29) is 25.8 Å². The standard InChI is InChI=1S/C41H27N5O.Pd/c1-41(2,3)32-18-20-43-40-36(32)30-12-7-11-29-27-16-14-26(22-35(27)46(40)38(29)30)47-25-15-17-28-31(21-25)39-44-33(24-9-5-4-6-10-24)23-45(39)34-13-8-19-42-37(28)34;/h4-20,23H,1-3H3;/q-2;+2. The number of para-hydroxylation sites is 1. The van der Waals surface area contributed by atoms with Crippen molar-refractivity contribution in [2.75, 3.05) is 0 Å². The molecule has 6 nitrogen and oxygen atoms in total. The van der Waals surface area contributed by atoms with Crippen molar-refractivity contribution < 1.29 is 25.2 Å². The molecule has 0 saturated carbocycles. The normalized spacial score (nSPS) is 12.3. The number of ether oxygens (including phenoxy) is 1. The van der Waals surface area contributed by atoms with E-state index in [2.05, 4.69) is 102 Å². The van der Waals surface area contributed by atoms with Crippen LogP contribution in [-0.4, -0.2) is 23.8 Å². The zero-order valence-corrected chi connectivity index (χ0v) is 27.9. The molecule has 0 saturated heterocycles. The Labute approximate surface area is 289 Å². The maximum atomic E-state index is 6.52. The molecule has 0 unspecified atom stereocenters. The van der Waals surface area contributed by atoms with Gasteiger partial charge < -0.3 is 13.5 Å². The van der Waals surface area contributed by atoms with E-state index in [4.69, 9.17) is 19.7 Å². The molecule has 0 atom stereocenters. The number of rotatable bonds is 3. The minimum Gasteiger partial charge on any atom is -0.503 e. The van der Waals surface area contributed by atoms with Crippen LogP contribution in [0.5, 0.6) is 11.5 Å². The van der Waals surface area contributed by atoms with Crippen LogP contribution < -0.4 is 4.74 Å². The molecule has 232 valence electrons. The first-order chi connectivity index (χ1) is 22.9. The SMILES string of the molecule is CC(C)(C)c1ccnc2c1c1cccc3c4ccc(Oc5[c-]c6c(cc5)c5ncccc5n5cc(-c7ccccc7)nc65)[c-]c4n2c31.[Pd+2]. The predicted molar refractivity (Wildman–Crippen MR) is 189 cm³/mol. The summed E-state index contributed by atoms with van der Waals surface area (Å²) in [5.41, 5.74) is 8.95. The molecule has 0 fully saturated rings. The van der Waals surface area contributed by atoms with Crippen LogP contribution in [0.2, 0.25) is 0 Å². The van der Waals surface area contributed by atoms with Crippen LogP contribution in [0.25, 0.3) is 76.9 Å². The largest absolute Gasteiger partial charge is 2.00 e. The molecule has 0 radical (unpaired) electrons. The molecule has 48 heavy (non-hydrogen) atoms. The van der Waals surface area contributed by atoms with Crippen LogP contribution in [-0.2, 0) is 25.8 Å². The molecule has 7 heteroatoms. The minimum absolute atomic E-state index is 0. The van der Waals surface area contributed by atoms with Crippen molar-refractivity contribution in [3.8, 4) is 22.8 Å². The number of benzene rings is 4. The van der Waals surface area contributed by atoms with Crippen LogP contribution in [0.4, 0.5) is 0 Å².